The van der Waals surface area contributed by atoms with Gasteiger partial charge in [-0.05, 0) is 43.5 Å². The molecular weight excluding hydrogens is 272 g/mol. The van der Waals surface area contributed by atoms with E-state index in [1.165, 1.54) is 16.3 Å². The van der Waals surface area contributed by atoms with Crippen LogP contribution in [-0.2, 0) is 11.2 Å². The van der Waals surface area contributed by atoms with Crippen molar-refractivity contribution >= 4 is 22.4 Å². The van der Waals surface area contributed by atoms with Crippen LogP contribution in [-0.4, -0.2) is 18.0 Å². The predicted octanol–water partition coefficient (Wildman–Crippen LogP) is 3.24. The third-order valence-corrected chi connectivity index (χ3v) is 4.05. The van der Waals surface area contributed by atoms with E-state index in [4.69, 9.17) is 0 Å². The Morgan fingerprint density at radius 1 is 1.27 bits per heavy atom. The van der Waals surface area contributed by atoms with Crippen LogP contribution in [0.4, 0.5) is 0 Å². The van der Waals surface area contributed by atoms with Gasteiger partial charge in [0.05, 0.1) is 0 Å². The van der Waals surface area contributed by atoms with Crippen molar-refractivity contribution in [2.24, 2.45) is 0 Å². The van der Waals surface area contributed by atoms with Crippen molar-refractivity contribution in [3.05, 3.63) is 53.6 Å². The first kappa shape index (κ1) is 14.6. The van der Waals surface area contributed by atoms with Gasteiger partial charge in [-0.25, -0.2) is 0 Å². The van der Waals surface area contributed by atoms with E-state index in [0.29, 0.717) is 6.54 Å². The van der Waals surface area contributed by atoms with Gasteiger partial charge in [0.1, 0.15) is 0 Å². The van der Waals surface area contributed by atoms with E-state index in [9.17, 15) is 4.79 Å². The maximum absolute atomic E-state index is 12.0. The molecule has 2 aromatic rings. The summed E-state index contributed by atoms with van der Waals surface area (Å²) in [5.74, 6) is -0.0539. The lowest BCUT2D eigenvalue weighted by Crippen LogP contribution is -2.44. The number of hydrogen-bond donors (Lipinski definition) is 2. The molecule has 22 heavy (non-hydrogen) atoms. The molecule has 1 aliphatic heterocycles. The molecule has 1 aliphatic rings. The van der Waals surface area contributed by atoms with E-state index in [-0.39, 0.29) is 11.4 Å². The minimum Gasteiger partial charge on any atom is -0.379 e. The van der Waals surface area contributed by atoms with Gasteiger partial charge in [0.25, 0.3) is 0 Å². The first-order valence-electron chi connectivity index (χ1n) is 7.79. The molecule has 1 amide bonds. The summed E-state index contributed by atoms with van der Waals surface area (Å²) < 4.78 is 0. The van der Waals surface area contributed by atoms with Crippen LogP contribution in [0.5, 0.6) is 0 Å². The highest BCUT2D eigenvalue weighted by atomic mass is 16.1. The summed E-state index contributed by atoms with van der Waals surface area (Å²) in [7, 11) is 0. The standard InChI is InChI=1S/C19H22N2O/c1-4-20-18(22)11-17-15-10-9-13-7-5-6-8-14(13)16(15)12-19(2,3)21-17/h5-11,21H,4,12H2,1-3H3,(H,20,22)/b17-11-. The molecule has 1 heterocycles. The normalized spacial score (nSPS) is 17.9. The summed E-state index contributed by atoms with van der Waals surface area (Å²) in [6.45, 7) is 6.90. The van der Waals surface area contributed by atoms with Gasteiger partial charge in [0, 0.05) is 29.4 Å². The van der Waals surface area contributed by atoms with Gasteiger partial charge in [-0.1, -0.05) is 36.4 Å². The number of likely N-dealkylation sites (N-methyl/N-ethyl adjacent to an activating group) is 1. The molecule has 0 aromatic heterocycles. The monoisotopic (exact) mass is 294 g/mol. The van der Waals surface area contributed by atoms with Crippen LogP contribution in [0, 0.1) is 0 Å². The zero-order valence-corrected chi connectivity index (χ0v) is 13.4. The van der Waals surface area contributed by atoms with Gasteiger partial charge in [-0.3, -0.25) is 4.79 Å². The summed E-state index contributed by atoms with van der Waals surface area (Å²) in [6.07, 6.45) is 2.62. The average Bonchev–Trinajstić information content (AvgIpc) is 2.46. The molecule has 114 valence electrons. The fourth-order valence-corrected chi connectivity index (χ4v) is 3.17. The minimum absolute atomic E-state index is 0.0539. The van der Waals surface area contributed by atoms with Crippen molar-refractivity contribution in [1.82, 2.24) is 10.6 Å². The SMILES string of the molecule is CCNC(=O)/C=C1\NC(C)(C)Cc2c1ccc1ccccc21. The Labute approximate surface area is 131 Å². The molecule has 0 radical (unpaired) electrons. The maximum atomic E-state index is 12.0. The minimum atomic E-state index is -0.0740. The molecule has 3 heteroatoms. The Bertz CT molecular complexity index is 759. The number of rotatable bonds is 2. The van der Waals surface area contributed by atoms with Crippen LogP contribution >= 0.6 is 0 Å². The molecule has 0 saturated carbocycles. The molecule has 0 aliphatic carbocycles. The number of amides is 1. The van der Waals surface area contributed by atoms with Crippen LogP contribution < -0.4 is 10.6 Å². The zero-order valence-electron chi connectivity index (χ0n) is 13.4. The van der Waals surface area contributed by atoms with Crippen LogP contribution in [0.15, 0.2) is 42.5 Å². The smallest absolute Gasteiger partial charge is 0.246 e. The molecule has 0 fully saturated rings. The highest BCUT2D eigenvalue weighted by Gasteiger charge is 2.29. The van der Waals surface area contributed by atoms with Crippen LogP contribution in [0.1, 0.15) is 31.9 Å². The number of nitrogens with one attached hydrogen (secondary N) is 2. The van der Waals surface area contributed by atoms with Crippen molar-refractivity contribution in [2.45, 2.75) is 32.7 Å². The summed E-state index contributed by atoms with van der Waals surface area (Å²) in [6, 6.07) is 12.7. The highest BCUT2D eigenvalue weighted by molar-refractivity contribution is 5.98. The number of carbonyl (C=O) groups is 1. The van der Waals surface area contributed by atoms with Gasteiger partial charge in [-0.2, -0.15) is 0 Å². The summed E-state index contributed by atoms with van der Waals surface area (Å²) >= 11 is 0. The third-order valence-electron chi connectivity index (χ3n) is 4.05. The van der Waals surface area contributed by atoms with Gasteiger partial charge < -0.3 is 10.6 Å². The van der Waals surface area contributed by atoms with Gasteiger partial charge >= 0.3 is 0 Å². The molecule has 3 nitrogen and oxygen atoms in total. The second-order valence-electron chi connectivity index (χ2n) is 6.45. The van der Waals surface area contributed by atoms with Crippen LogP contribution in [0.3, 0.4) is 0 Å². The van der Waals surface area contributed by atoms with Crippen LogP contribution in [0.2, 0.25) is 0 Å². The van der Waals surface area contributed by atoms with E-state index >= 15 is 0 Å². The van der Waals surface area contributed by atoms with Crippen molar-refractivity contribution < 1.29 is 4.79 Å². The zero-order chi connectivity index (χ0) is 15.7. The molecular formula is C19H22N2O. The second kappa shape index (κ2) is 5.48. The molecule has 3 rings (SSSR count). The van der Waals surface area contributed by atoms with Crippen molar-refractivity contribution in [1.29, 1.82) is 0 Å². The summed E-state index contributed by atoms with van der Waals surface area (Å²) in [5, 5.41) is 8.86. The van der Waals surface area contributed by atoms with Gasteiger partial charge in [0.15, 0.2) is 0 Å². The number of fused-ring (bicyclic) bond motifs is 3. The maximum Gasteiger partial charge on any atom is 0.246 e. The number of benzene rings is 2. The van der Waals surface area contributed by atoms with E-state index in [1.807, 2.05) is 6.92 Å². The van der Waals surface area contributed by atoms with Crippen LogP contribution in [0.25, 0.3) is 16.5 Å². The van der Waals surface area contributed by atoms with Crippen molar-refractivity contribution in [2.75, 3.05) is 6.54 Å². The molecule has 0 spiro atoms. The lowest BCUT2D eigenvalue weighted by molar-refractivity contribution is -0.116. The molecule has 0 bridgehead atoms. The van der Waals surface area contributed by atoms with E-state index in [0.717, 1.165) is 17.7 Å². The first-order valence-corrected chi connectivity index (χ1v) is 7.79. The molecule has 0 saturated heterocycles. The first-order chi connectivity index (χ1) is 10.5. The molecule has 2 aromatic carbocycles. The number of hydrogen-bond acceptors (Lipinski definition) is 2. The highest BCUT2D eigenvalue weighted by Crippen LogP contribution is 2.34. The lowest BCUT2D eigenvalue weighted by atomic mass is 9.83. The average molecular weight is 294 g/mol. The summed E-state index contributed by atoms with van der Waals surface area (Å²) in [4.78, 5) is 12.0. The Hall–Kier alpha value is -2.29. The Morgan fingerprint density at radius 2 is 2.05 bits per heavy atom. The lowest BCUT2D eigenvalue weighted by Gasteiger charge is -2.36. The van der Waals surface area contributed by atoms with Crippen molar-refractivity contribution in [3.8, 4) is 0 Å². The fraction of sp³-hybridized carbons (Fsp3) is 0.316. The summed E-state index contributed by atoms with van der Waals surface area (Å²) in [5.41, 5.74) is 3.28. The quantitative estimate of drug-likeness (QED) is 0.835. The third kappa shape index (κ3) is 2.71. The Kier molecular flexibility index (Phi) is 3.65. The Morgan fingerprint density at radius 3 is 2.82 bits per heavy atom. The van der Waals surface area contributed by atoms with Gasteiger partial charge in [-0.15, -0.1) is 0 Å². The van der Waals surface area contributed by atoms with E-state index < -0.39 is 0 Å². The fourth-order valence-electron chi connectivity index (χ4n) is 3.17. The van der Waals surface area contributed by atoms with Crippen molar-refractivity contribution in [3.63, 3.8) is 0 Å². The molecule has 0 unspecified atom stereocenters. The van der Waals surface area contributed by atoms with Gasteiger partial charge in [0.2, 0.25) is 5.91 Å². The van der Waals surface area contributed by atoms with E-state index in [2.05, 4.69) is 60.9 Å². The van der Waals surface area contributed by atoms with E-state index in [1.54, 1.807) is 6.08 Å². The molecule has 2 N–H and O–H groups in total. The predicted molar refractivity (Wildman–Crippen MR) is 91.5 cm³/mol. The Balaban J connectivity index is 2.17. The number of carbonyl (C=O) groups excluding carboxylic acids is 1. The largest absolute Gasteiger partial charge is 0.379 e. The second-order valence-corrected chi connectivity index (χ2v) is 6.45. The topological polar surface area (TPSA) is 41.1 Å². The molecule has 0 atom stereocenters.